The van der Waals surface area contributed by atoms with E-state index in [4.69, 9.17) is 0 Å². The van der Waals surface area contributed by atoms with Crippen LogP contribution in [-0.2, 0) is 0 Å². The maximum Gasteiger partial charge on any atom is 0.0571 e. The van der Waals surface area contributed by atoms with Crippen molar-refractivity contribution in [3.05, 3.63) is 0 Å². The Labute approximate surface area is 64.4 Å². The Bertz CT molecular complexity index is 50.0. The van der Waals surface area contributed by atoms with Gasteiger partial charge in [-0.25, -0.2) is 0 Å². The van der Waals surface area contributed by atoms with Gasteiger partial charge in [-0.15, -0.1) is 0 Å². The highest BCUT2D eigenvalue weighted by Gasteiger charge is 2.00. The molecule has 0 spiro atoms. The second-order valence-electron chi connectivity index (χ2n) is 2.46. The first-order chi connectivity index (χ1) is 4.85. The maximum atomic E-state index is 3.37. The van der Waals surface area contributed by atoms with Crippen molar-refractivity contribution in [1.82, 2.24) is 10.6 Å². The molecule has 0 aromatic rings. The van der Waals surface area contributed by atoms with E-state index in [1.54, 1.807) is 0 Å². The van der Waals surface area contributed by atoms with Gasteiger partial charge in [0.1, 0.15) is 0 Å². The average molecular weight is 144 g/mol. The van der Waals surface area contributed by atoms with Gasteiger partial charge in [-0.2, -0.15) is 0 Å². The number of rotatable bonds is 6. The summed E-state index contributed by atoms with van der Waals surface area (Å²) in [5.74, 6) is 0. The molecule has 0 aliphatic heterocycles. The number of hydrogen-bond acceptors (Lipinski definition) is 2. The molecule has 0 amide bonds. The van der Waals surface area contributed by atoms with E-state index in [9.17, 15) is 0 Å². The molecular formula is C8H20N2. The molecule has 0 saturated heterocycles. The van der Waals surface area contributed by atoms with Crippen molar-refractivity contribution >= 4 is 0 Å². The van der Waals surface area contributed by atoms with Crippen molar-refractivity contribution in [3.63, 3.8) is 0 Å². The Morgan fingerprint density at radius 3 is 1.80 bits per heavy atom. The Balaban J connectivity index is 3.30. The van der Waals surface area contributed by atoms with Crippen molar-refractivity contribution in [3.8, 4) is 0 Å². The van der Waals surface area contributed by atoms with Gasteiger partial charge in [0.05, 0.1) is 6.17 Å². The minimum Gasteiger partial charge on any atom is -0.302 e. The predicted octanol–water partition coefficient (Wildman–Crippen LogP) is 1.33. The molecule has 62 valence electrons. The fourth-order valence-corrected chi connectivity index (χ4v) is 1.06. The summed E-state index contributed by atoms with van der Waals surface area (Å²) in [7, 11) is 0. The predicted molar refractivity (Wildman–Crippen MR) is 46.0 cm³/mol. The number of hydrogen-bond donors (Lipinski definition) is 2. The molecule has 0 bridgehead atoms. The lowest BCUT2D eigenvalue weighted by molar-refractivity contribution is 0.415. The maximum absolute atomic E-state index is 3.37. The fourth-order valence-electron chi connectivity index (χ4n) is 1.06. The molecule has 0 saturated carbocycles. The van der Waals surface area contributed by atoms with Gasteiger partial charge in [-0.1, -0.05) is 27.2 Å². The lowest BCUT2D eigenvalue weighted by atomic mass is 10.2. The first-order valence-corrected chi connectivity index (χ1v) is 4.31. The van der Waals surface area contributed by atoms with Gasteiger partial charge in [-0.05, 0) is 19.5 Å². The van der Waals surface area contributed by atoms with Gasteiger partial charge in [0.2, 0.25) is 0 Å². The molecule has 0 aromatic carbocycles. The molecule has 2 heteroatoms. The van der Waals surface area contributed by atoms with E-state index in [1.165, 1.54) is 12.8 Å². The molecule has 0 aliphatic rings. The molecule has 0 atom stereocenters. The highest BCUT2D eigenvalue weighted by molar-refractivity contribution is 4.60. The molecule has 10 heavy (non-hydrogen) atoms. The molecule has 0 rings (SSSR count). The Hall–Kier alpha value is -0.0800. The summed E-state index contributed by atoms with van der Waals surface area (Å²) >= 11 is 0. The summed E-state index contributed by atoms with van der Waals surface area (Å²) < 4.78 is 0. The van der Waals surface area contributed by atoms with Crippen LogP contribution in [0.3, 0.4) is 0 Å². The van der Waals surface area contributed by atoms with E-state index in [0.717, 1.165) is 13.1 Å². The summed E-state index contributed by atoms with van der Waals surface area (Å²) in [5, 5.41) is 6.75. The van der Waals surface area contributed by atoms with Gasteiger partial charge in [-0.3, -0.25) is 0 Å². The van der Waals surface area contributed by atoms with Crippen LogP contribution in [-0.4, -0.2) is 19.3 Å². The molecule has 2 N–H and O–H groups in total. The standard InChI is InChI=1S/C8H20N2/c1-4-7-8(9-5-2)10-6-3/h8-10H,4-7H2,1-3H3. The van der Waals surface area contributed by atoms with Gasteiger partial charge in [0.25, 0.3) is 0 Å². The third-order valence-corrected chi connectivity index (χ3v) is 1.48. The van der Waals surface area contributed by atoms with E-state index in [2.05, 4.69) is 31.4 Å². The van der Waals surface area contributed by atoms with Crippen LogP contribution in [0.5, 0.6) is 0 Å². The van der Waals surface area contributed by atoms with E-state index in [-0.39, 0.29) is 0 Å². The van der Waals surface area contributed by atoms with Crippen LogP contribution in [0.2, 0.25) is 0 Å². The summed E-state index contributed by atoms with van der Waals surface area (Å²) in [4.78, 5) is 0. The molecule has 2 nitrogen and oxygen atoms in total. The quantitative estimate of drug-likeness (QED) is 0.550. The lowest BCUT2D eigenvalue weighted by Crippen LogP contribution is -2.41. The SMILES string of the molecule is CCCC(NCC)NCC. The molecule has 0 aromatic heterocycles. The van der Waals surface area contributed by atoms with E-state index in [1.807, 2.05) is 0 Å². The largest absolute Gasteiger partial charge is 0.302 e. The fraction of sp³-hybridized carbons (Fsp3) is 1.00. The van der Waals surface area contributed by atoms with Crippen LogP contribution in [0, 0.1) is 0 Å². The zero-order valence-electron chi connectivity index (χ0n) is 7.41. The van der Waals surface area contributed by atoms with Crippen LogP contribution in [0.15, 0.2) is 0 Å². The zero-order chi connectivity index (χ0) is 7.82. The molecule has 0 fully saturated rings. The van der Waals surface area contributed by atoms with Crippen LogP contribution in [0.1, 0.15) is 33.6 Å². The molecule has 0 aliphatic carbocycles. The highest BCUT2D eigenvalue weighted by Crippen LogP contribution is 1.91. The van der Waals surface area contributed by atoms with Gasteiger partial charge >= 0.3 is 0 Å². The monoisotopic (exact) mass is 144 g/mol. The van der Waals surface area contributed by atoms with Crippen molar-refractivity contribution in [2.75, 3.05) is 13.1 Å². The van der Waals surface area contributed by atoms with Crippen molar-refractivity contribution in [2.24, 2.45) is 0 Å². The molecule has 0 unspecified atom stereocenters. The van der Waals surface area contributed by atoms with Gasteiger partial charge in [0.15, 0.2) is 0 Å². The third kappa shape index (κ3) is 4.77. The summed E-state index contributed by atoms with van der Waals surface area (Å²) in [6.07, 6.45) is 2.99. The normalized spacial score (nSPS) is 10.8. The lowest BCUT2D eigenvalue weighted by Gasteiger charge is -2.17. The van der Waals surface area contributed by atoms with E-state index >= 15 is 0 Å². The minimum atomic E-state index is 0.528. The zero-order valence-corrected chi connectivity index (χ0v) is 7.41. The second kappa shape index (κ2) is 7.03. The Kier molecular flexibility index (Phi) is 6.98. The summed E-state index contributed by atoms with van der Waals surface area (Å²) in [5.41, 5.74) is 0. The van der Waals surface area contributed by atoms with Crippen LogP contribution < -0.4 is 10.6 Å². The highest BCUT2D eigenvalue weighted by atomic mass is 15.1. The van der Waals surface area contributed by atoms with Gasteiger partial charge < -0.3 is 10.6 Å². The summed E-state index contributed by atoms with van der Waals surface area (Å²) in [6.45, 7) is 8.59. The topological polar surface area (TPSA) is 24.1 Å². The molecule has 0 heterocycles. The first-order valence-electron chi connectivity index (χ1n) is 4.31. The third-order valence-electron chi connectivity index (χ3n) is 1.48. The van der Waals surface area contributed by atoms with E-state index < -0.39 is 0 Å². The number of nitrogens with one attached hydrogen (secondary N) is 2. The van der Waals surface area contributed by atoms with Crippen LogP contribution in [0.25, 0.3) is 0 Å². The van der Waals surface area contributed by atoms with Crippen LogP contribution in [0.4, 0.5) is 0 Å². The second-order valence-corrected chi connectivity index (χ2v) is 2.46. The van der Waals surface area contributed by atoms with Crippen molar-refractivity contribution in [2.45, 2.75) is 39.8 Å². The summed E-state index contributed by atoms with van der Waals surface area (Å²) in [6, 6.07) is 0. The molecule has 0 radical (unpaired) electrons. The van der Waals surface area contributed by atoms with Crippen molar-refractivity contribution < 1.29 is 0 Å². The smallest absolute Gasteiger partial charge is 0.0571 e. The molecular weight excluding hydrogens is 124 g/mol. The average Bonchev–Trinajstić information content (AvgIpc) is 1.90. The van der Waals surface area contributed by atoms with Gasteiger partial charge in [0, 0.05) is 0 Å². The Morgan fingerprint density at radius 1 is 1.00 bits per heavy atom. The minimum absolute atomic E-state index is 0.528. The van der Waals surface area contributed by atoms with Crippen LogP contribution >= 0.6 is 0 Å². The van der Waals surface area contributed by atoms with E-state index in [0.29, 0.717) is 6.17 Å². The Morgan fingerprint density at radius 2 is 1.50 bits per heavy atom. The first kappa shape index (κ1) is 9.92. The van der Waals surface area contributed by atoms with Crippen molar-refractivity contribution in [1.29, 1.82) is 0 Å².